The summed E-state index contributed by atoms with van der Waals surface area (Å²) >= 11 is 0. The fourth-order valence-corrected chi connectivity index (χ4v) is 7.52. The van der Waals surface area contributed by atoms with E-state index in [1.165, 1.54) is 37.8 Å². The van der Waals surface area contributed by atoms with E-state index >= 15 is 0 Å². The summed E-state index contributed by atoms with van der Waals surface area (Å²) in [6.45, 7) is 17.5. The van der Waals surface area contributed by atoms with Crippen molar-refractivity contribution < 1.29 is 22.7 Å². The summed E-state index contributed by atoms with van der Waals surface area (Å²) in [6.07, 6.45) is 1.18. The van der Waals surface area contributed by atoms with Gasteiger partial charge >= 0.3 is 6.18 Å². The van der Waals surface area contributed by atoms with Gasteiger partial charge in [0, 0.05) is 22.5 Å². The summed E-state index contributed by atoms with van der Waals surface area (Å²) in [5.74, 6) is 0.0549. The largest absolute Gasteiger partial charge is 0.416 e. The molecule has 1 spiro atoms. The fraction of sp³-hybridized carbons (Fsp3) is 0.645. The highest BCUT2D eigenvalue weighted by Gasteiger charge is 2.47. The quantitative estimate of drug-likeness (QED) is 0.380. The zero-order valence-electron chi connectivity index (χ0n) is 24.2. The first-order chi connectivity index (χ1) is 17.5. The van der Waals surface area contributed by atoms with E-state index in [-0.39, 0.29) is 22.5 Å². The van der Waals surface area contributed by atoms with Crippen molar-refractivity contribution in [3.8, 4) is 0 Å². The Balaban J connectivity index is 1.86. The van der Waals surface area contributed by atoms with Gasteiger partial charge in [0.2, 0.25) is 0 Å². The van der Waals surface area contributed by atoms with Crippen LogP contribution in [-0.2, 0) is 17.0 Å². The number of pyridine rings is 1. The number of aromatic nitrogens is 1. The highest BCUT2D eigenvalue weighted by Crippen LogP contribution is 2.55. The van der Waals surface area contributed by atoms with E-state index in [9.17, 15) is 18.3 Å². The van der Waals surface area contributed by atoms with Crippen LogP contribution in [0.4, 0.5) is 13.2 Å². The molecule has 210 valence electrons. The molecule has 2 atom stereocenters. The van der Waals surface area contributed by atoms with Crippen LogP contribution in [0.2, 0.25) is 18.1 Å². The molecule has 1 fully saturated rings. The van der Waals surface area contributed by atoms with E-state index in [0.717, 1.165) is 47.5 Å². The predicted molar refractivity (Wildman–Crippen MR) is 149 cm³/mol. The molecule has 0 amide bonds. The molecular weight excluding hydrogens is 503 g/mol. The molecule has 1 aromatic heterocycles. The normalized spacial score (nSPS) is 20.7. The minimum atomic E-state index is -4.42. The van der Waals surface area contributed by atoms with Crippen LogP contribution in [-0.4, -0.2) is 18.4 Å². The number of rotatable bonds is 5. The van der Waals surface area contributed by atoms with E-state index in [2.05, 4.69) is 47.7 Å². The molecule has 0 bridgehead atoms. The summed E-state index contributed by atoms with van der Waals surface area (Å²) in [6, 6.07) is 4.85. The van der Waals surface area contributed by atoms with Crippen LogP contribution in [0.15, 0.2) is 24.3 Å². The number of nitrogens with zero attached hydrogens (tertiary/aromatic N) is 1. The first-order valence-corrected chi connectivity index (χ1v) is 16.9. The molecule has 1 heterocycles. The van der Waals surface area contributed by atoms with Gasteiger partial charge in [-0.15, -0.1) is 0 Å². The topological polar surface area (TPSA) is 42.4 Å². The molecule has 38 heavy (non-hydrogen) atoms. The van der Waals surface area contributed by atoms with Crippen LogP contribution in [0, 0.1) is 12.3 Å². The van der Waals surface area contributed by atoms with Crippen molar-refractivity contribution in [2.75, 3.05) is 0 Å². The first-order valence-electron chi connectivity index (χ1n) is 14.0. The Bertz CT molecular complexity index is 1160. The van der Waals surface area contributed by atoms with Gasteiger partial charge < -0.3 is 9.53 Å². The van der Waals surface area contributed by atoms with Crippen molar-refractivity contribution in [1.29, 1.82) is 0 Å². The van der Waals surface area contributed by atoms with Crippen LogP contribution in [0.25, 0.3) is 0 Å². The highest BCUT2D eigenvalue weighted by molar-refractivity contribution is 6.74. The molecular formula is C31H44F3NO2Si. The van der Waals surface area contributed by atoms with Gasteiger partial charge in [0.1, 0.15) is 6.10 Å². The van der Waals surface area contributed by atoms with E-state index in [0.29, 0.717) is 11.1 Å². The maximum atomic E-state index is 13.2. The third-order valence-corrected chi connectivity index (χ3v) is 13.9. The Morgan fingerprint density at radius 1 is 1.05 bits per heavy atom. The third-order valence-electron chi connectivity index (χ3n) is 9.41. The SMILES string of the molecule is Cc1c([C@@H](O)c2ccc(C(F)(F)F)cc2)c(C(C)C)nc2c1[C@@H](O[Si](C)(C)C(C)(C)C)CC1(CCCC1)C2. The number of aliphatic hydroxyl groups excluding tert-OH is 1. The van der Waals surface area contributed by atoms with Crippen molar-refractivity contribution in [2.24, 2.45) is 5.41 Å². The zero-order chi connectivity index (χ0) is 28.3. The molecule has 2 aliphatic carbocycles. The lowest BCUT2D eigenvalue weighted by Crippen LogP contribution is -2.44. The summed E-state index contributed by atoms with van der Waals surface area (Å²) in [4.78, 5) is 5.23. The molecule has 0 radical (unpaired) electrons. The Morgan fingerprint density at radius 3 is 2.13 bits per heavy atom. The number of benzene rings is 1. The number of hydrogen-bond donors (Lipinski definition) is 1. The monoisotopic (exact) mass is 547 g/mol. The van der Waals surface area contributed by atoms with Crippen LogP contribution >= 0.6 is 0 Å². The van der Waals surface area contributed by atoms with Gasteiger partial charge in [-0.3, -0.25) is 4.98 Å². The summed E-state index contributed by atoms with van der Waals surface area (Å²) in [7, 11) is -2.12. The molecule has 2 aliphatic rings. The van der Waals surface area contributed by atoms with Gasteiger partial charge in [-0.25, -0.2) is 0 Å². The molecule has 0 unspecified atom stereocenters. The van der Waals surface area contributed by atoms with Crippen LogP contribution in [0.5, 0.6) is 0 Å². The zero-order valence-corrected chi connectivity index (χ0v) is 25.2. The Kier molecular flexibility index (Phi) is 7.74. The Labute approximate surface area is 227 Å². The van der Waals surface area contributed by atoms with Crippen LogP contribution in [0.3, 0.4) is 0 Å². The van der Waals surface area contributed by atoms with Gasteiger partial charge in [0.05, 0.1) is 11.7 Å². The minimum Gasteiger partial charge on any atom is -0.410 e. The van der Waals surface area contributed by atoms with Crippen molar-refractivity contribution in [2.45, 2.75) is 123 Å². The average molecular weight is 548 g/mol. The van der Waals surface area contributed by atoms with Gasteiger partial charge in [-0.05, 0) is 85.3 Å². The van der Waals surface area contributed by atoms with E-state index in [4.69, 9.17) is 9.41 Å². The average Bonchev–Trinajstić information content (AvgIpc) is 3.23. The maximum Gasteiger partial charge on any atom is 0.416 e. The molecule has 1 aromatic carbocycles. The Morgan fingerprint density at radius 2 is 1.63 bits per heavy atom. The van der Waals surface area contributed by atoms with Gasteiger partial charge in [0.25, 0.3) is 0 Å². The molecule has 2 aromatic rings. The molecule has 1 saturated carbocycles. The molecule has 4 rings (SSSR count). The second-order valence-electron chi connectivity index (χ2n) is 13.5. The number of fused-ring (bicyclic) bond motifs is 1. The Hall–Kier alpha value is -1.70. The number of alkyl halides is 3. The standard InChI is InChI=1S/C31H44F3NO2Si/c1-19(2)27-26(28(36)21-11-13-22(14-12-21)31(32,33)34)20(3)25-23(35-27)17-30(15-9-10-16-30)18-24(25)37-38(7,8)29(4,5)6/h11-14,19,24,28,36H,9-10,15-18H2,1-8H3/t24-,28-/m0/s1. The number of hydrogen-bond acceptors (Lipinski definition) is 3. The smallest absolute Gasteiger partial charge is 0.410 e. The molecule has 0 aliphatic heterocycles. The van der Waals surface area contributed by atoms with Crippen LogP contribution < -0.4 is 0 Å². The summed E-state index contributed by atoms with van der Waals surface area (Å²) < 4.78 is 46.6. The van der Waals surface area contributed by atoms with Crippen molar-refractivity contribution in [1.82, 2.24) is 4.98 Å². The summed E-state index contributed by atoms with van der Waals surface area (Å²) in [5, 5.41) is 11.6. The number of halogens is 3. The van der Waals surface area contributed by atoms with E-state index < -0.39 is 26.2 Å². The minimum absolute atomic E-state index is 0.0508. The lowest BCUT2D eigenvalue weighted by atomic mass is 9.69. The molecule has 7 heteroatoms. The van der Waals surface area contributed by atoms with Crippen molar-refractivity contribution >= 4 is 8.32 Å². The highest BCUT2D eigenvalue weighted by atomic mass is 28.4. The molecule has 3 nitrogen and oxygen atoms in total. The van der Waals surface area contributed by atoms with Gasteiger partial charge in [-0.2, -0.15) is 13.2 Å². The first kappa shape index (κ1) is 29.3. The lowest BCUT2D eigenvalue weighted by Gasteiger charge is -2.46. The summed E-state index contributed by atoms with van der Waals surface area (Å²) in [5.41, 5.74) is 4.63. The van der Waals surface area contributed by atoms with E-state index in [1.54, 1.807) is 0 Å². The third kappa shape index (κ3) is 5.48. The second-order valence-corrected chi connectivity index (χ2v) is 18.3. The number of aliphatic hydroxyl groups is 1. The van der Waals surface area contributed by atoms with Crippen molar-refractivity contribution in [3.63, 3.8) is 0 Å². The predicted octanol–water partition coefficient (Wildman–Crippen LogP) is 9.18. The van der Waals surface area contributed by atoms with E-state index in [1.807, 2.05) is 6.92 Å². The molecule has 1 N–H and O–H groups in total. The lowest BCUT2D eigenvalue weighted by molar-refractivity contribution is -0.137. The molecule has 0 saturated heterocycles. The van der Waals surface area contributed by atoms with Gasteiger partial charge in [-0.1, -0.05) is 59.6 Å². The maximum absolute atomic E-state index is 13.2. The fourth-order valence-electron chi connectivity index (χ4n) is 6.25. The van der Waals surface area contributed by atoms with Gasteiger partial charge in [0.15, 0.2) is 8.32 Å². The van der Waals surface area contributed by atoms with Crippen LogP contribution in [0.1, 0.15) is 124 Å². The second kappa shape index (κ2) is 10.0. The van der Waals surface area contributed by atoms with Crippen molar-refractivity contribution in [3.05, 3.63) is 63.5 Å².